The van der Waals surface area contributed by atoms with Crippen LogP contribution in [-0.4, -0.2) is 27.4 Å². The van der Waals surface area contributed by atoms with Crippen molar-refractivity contribution in [2.24, 2.45) is 0 Å². The Kier molecular flexibility index (Phi) is 4.97. The maximum Gasteiger partial charge on any atom is 0.229 e. The molecule has 1 aliphatic rings. The van der Waals surface area contributed by atoms with Gasteiger partial charge < -0.3 is 16.0 Å². The van der Waals surface area contributed by atoms with Gasteiger partial charge in [0.25, 0.3) is 0 Å². The number of rotatable bonds is 6. The fourth-order valence-electron chi connectivity index (χ4n) is 2.83. The Labute approximate surface area is 164 Å². The van der Waals surface area contributed by atoms with Crippen molar-refractivity contribution in [1.29, 1.82) is 0 Å². The van der Waals surface area contributed by atoms with Crippen molar-refractivity contribution in [2.45, 2.75) is 12.8 Å². The third-order valence-corrected chi connectivity index (χ3v) is 4.72. The molecular weight excluding hydrogens is 408 g/mol. The van der Waals surface area contributed by atoms with Crippen LogP contribution < -0.4 is 16.0 Å². The molecule has 2 aromatic heterocycles. The Balaban J connectivity index is 1.43. The number of carbonyl (C=O) groups is 1. The normalized spacial score (nSPS) is 12.4. The summed E-state index contributed by atoms with van der Waals surface area (Å²) >= 11 is 3.47. The lowest BCUT2D eigenvalue weighted by Crippen LogP contribution is -2.09. The third kappa shape index (κ3) is 4.22. The molecule has 3 N–H and O–H groups in total. The lowest BCUT2D eigenvalue weighted by molar-refractivity contribution is -0.115. The molecule has 0 atom stereocenters. The van der Waals surface area contributed by atoms with E-state index in [0.29, 0.717) is 24.7 Å². The van der Waals surface area contributed by atoms with Crippen LogP contribution in [0.5, 0.6) is 0 Å². The van der Waals surface area contributed by atoms with E-state index < -0.39 is 0 Å². The summed E-state index contributed by atoms with van der Waals surface area (Å²) in [6.45, 7) is 0.705. The fourth-order valence-corrected chi connectivity index (χ4v) is 3.16. The van der Waals surface area contributed by atoms with E-state index in [1.54, 1.807) is 12.4 Å². The van der Waals surface area contributed by atoms with Crippen LogP contribution >= 0.6 is 15.9 Å². The number of carbonyl (C=O) groups excluding carboxylic acids is 1. The Hall–Kier alpha value is -3.00. The van der Waals surface area contributed by atoms with Gasteiger partial charge in [-0.2, -0.15) is 4.98 Å². The van der Waals surface area contributed by atoms with E-state index in [1.165, 1.54) is 0 Å². The largest absolute Gasteiger partial charge is 0.369 e. The molecule has 4 rings (SSSR count). The molecule has 0 fully saturated rings. The minimum Gasteiger partial charge on any atom is -0.369 e. The first-order valence-corrected chi connectivity index (χ1v) is 9.33. The van der Waals surface area contributed by atoms with Crippen LogP contribution in [-0.2, 0) is 17.6 Å². The highest BCUT2D eigenvalue weighted by Crippen LogP contribution is 2.28. The smallest absolute Gasteiger partial charge is 0.229 e. The van der Waals surface area contributed by atoms with Gasteiger partial charge in [-0.3, -0.25) is 9.78 Å². The minimum atomic E-state index is 0.0152. The van der Waals surface area contributed by atoms with Crippen molar-refractivity contribution in [1.82, 2.24) is 15.0 Å². The summed E-state index contributed by atoms with van der Waals surface area (Å²) in [7, 11) is 0. The standard InChI is InChI=1S/C19H17BrN6O/c20-15-11-23-19(24-14-5-4-12-9-17(27)25-16(12)10-14)26-18(15)22-8-6-13-3-1-2-7-21-13/h1-5,7,10-11H,6,8-9H2,(H,25,27)(H2,22,23,24,26). The number of halogens is 1. The van der Waals surface area contributed by atoms with E-state index in [1.807, 2.05) is 36.4 Å². The van der Waals surface area contributed by atoms with Gasteiger partial charge in [-0.05, 0) is 45.8 Å². The van der Waals surface area contributed by atoms with Crippen LogP contribution in [0, 0.1) is 0 Å². The molecule has 3 heterocycles. The van der Waals surface area contributed by atoms with Crippen molar-refractivity contribution < 1.29 is 4.79 Å². The predicted molar refractivity (Wildman–Crippen MR) is 108 cm³/mol. The van der Waals surface area contributed by atoms with Crippen molar-refractivity contribution in [3.05, 3.63) is 64.5 Å². The summed E-state index contributed by atoms with van der Waals surface area (Å²) in [5.41, 5.74) is 3.67. The van der Waals surface area contributed by atoms with E-state index in [9.17, 15) is 4.79 Å². The van der Waals surface area contributed by atoms with Crippen LogP contribution in [0.15, 0.2) is 53.3 Å². The molecule has 136 valence electrons. The molecule has 1 aromatic carbocycles. The molecule has 0 unspecified atom stereocenters. The second kappa shape index (κ2) is 7.71. The maximum absolute atomic E-state index is 11.5. The molecule has 8 heteroatoms. The van der Waals surface area contributed by atoms with Crippen LogP contribution in [0.4, 0.5) is 23.1 Å². The zero-order valence-electron chi connectivity index (χ0n) is 14.4. The molecule has 0 saturated carbocycles. The Bertz CT molecular complexity index is 979. The third-order valence-electron chi connectivity index (χ3n) is 4.13. The van der Waals surface area contributed by atoms with Gasteiger partial charge in [0.15, 0.2) is 0 Å². The number of nitrogens with one attached hydrogen (secondary N) is 3. The highest BCUT2D eigenvalue weighted by Gasteiger charge is 2.17. The zero-order chi connectivity index (χ0) is 18.6. The molecule has 0 radical (unpaired) electrons. The predicted octanol–water partition coefficient (Wildman–Crippen LogP) is 3.53. The SMILES string of the molecule is O=C1Cc2ccc(Nc3ncc(Br)c(NCCc4ccccn4)n3)cc2N1. The van der Waals surface area contributed by atoms with Gasteiger partial charge in [-0.1, -0.05) is 12.1 Å². The number of anilines is 4. The second-order valence-electron chi connectivity index (χ2n) is 6.11. The van der Waals surface area contributed by atoms with Gasteiger partial charge in [0.05, 0.1) is 10.9 Å². The number of amides is 1. The van der Waals surface area contributed by atoms with E-state index in [0.717, 1.165) is 33.5 Å². The number of hydrogen-bond acceptors (Lipinski definition) is 6. The Morgan fingerprint density at radius 2 is 2.11 bits per heavy atom. The van der Waals surface area contributed by atoms with Gasteiger partial charge in [-0.15, -0.1) is 0 Å². The van der Waals surface area contributed by atoms with Gasteiger partial charge in [0, 0.05) is 42.4 Å². The number of pyridine rings is 1. The van der Waals surface area contributed by atoms with Gasteiger partial charge >= 0.3 is 0 Å². The topological polar surface area (TPSA) is 91.8 Å². The second-order valence-corrected chi connectivity index (χ2v) is 6.96. The molecule has 0 spiro atoms. The summed E-state index contributed by atoms with van der Waals surface area (Å²) in [5, 5.41) is 9.32. The summed E-state index contributed by atoms with van der Waals surface area (Å²) in [5.74, 6) is 1.20. The van der Waals surface area contributed by atoms with E-state index in [4.69, 9.17) is 0 Å². The van der Waals surface area contributed by atoms with E-state index >= 15 is 0 Å². The molecule has 1 amide bonds. The van der Waals surface area contributed by atoms with E-state index in [2.05, 4.69) is 46.8 Å². The quantitative estimate of drug-likeness (QED) is 0.560. The lowest BCUT2D eigenvalue weighted by Gasteiger charge is -2.11. The Morgan fingerprint density at radius 1 is 1.19 bits per heavy atom. The first kappa shape index (κ1) is 17.4. The molecule has 7 nitrogen and oxygen atoms in total. The first-order valence-electron chi connectivity index (χ1n) is 8.53. The van der Waals surface area contributed by atoms with Crippen molar-refractivity contribution >= 4 is 45.0 Å². The summed E-state index contributed by atoms with van der Waals surface area (Å²) < 4.78 is 0.787. The summed E-state index contributed by atoms with van der Waals surface area (Å²) in [4.78, 5) is 24.6. The lowest BCUT2D eigenvalue weighted by atomic mass is 10.1. The summed E-state index contributed by atoms with van der Waals surface area (Å²) in [6, 6.07) is 11.6. The summed E-state index contributed by atoms with van der Waals surface area (Å²) in [6.07, 6.45) is 4.71. The molecule has 27 heavy (non-hydrogen) atoms. The monoisotopic (exact) mass is 424 g/mol. The van der Waals surface area contributed by atoms with Crippen LogP contribution in [0.2, 0.25) is 0 Å². The maximum atomic E-state index is 11.5. The van der Waals surface area contributed by atoms with Gasteiger partial charge in [0.1, 0.15) is 5.82 Å². The average molecular weight is 425 g/mol. The number of aromatic nitrogens is 3. The average Bonchev–Trinajstić information content (AvgIpc) is 3.04. The molecule has 3 aromatic rings. The van der Waals surface area contributed by atoms with Crippen molar-refractivity contribution in [3.8, 4) is 0 Å². The fraction of sp³-hybridized carbons (Fsp3) is 0.158. The number of hydrogen-bond donors (Lipinski definition) is 3. The minimum absolute atomic E-state index is 0.0152. The van der Waals surface area contributed by atoms with Crippen molar-refractivity contribution in [3.63, 3.8) is 0 Å². The van der Waals surface area contributed by atoms with Crippen molar-refractivity contribution in [2.75, 3.05) is 22.5 Å². The van der Waals surface area contributed by atoms with E-state index in [-0.39, 0.29) is 5.91 Å². The highest BCUT2D eigenvalue weighted by molar-refractivity contribution is 9.10. The van der Waals surface area contributed by atoms with Crippen LogP contribution in [0.25, 0.3) is 0 Å². The zero-order valence-corrected chi connectivity index (χ0v) is 16.0. The molecule has 1 aliphatic heterocycles. The number of benzene rings is 1. The Morgan fingerprint density at radius 3 is 2.96 bits per heavy atom. The highest BCUT2D eigenvalue weighted by atomic mass is 79.9. The van der Waals surface area contributed by atoms with Crippen LogP contribution in [0.1, 0.15) is 11.3 Å². The van der Waals surface area contributed by atoms with Crippen LogP contribution in [0.3, 0.4) is 0 Å². The molecule has 0 saturated heterocycles. The number of nitrogens with zero attached hydrogens (tertiary/aromatic N) is 3. The first-order chi connectivity index (χ1) is 13.2. The van der Waals surface area contributed by atoms with Gasteiger partial charge in [-0.25, -0.2) is 4.98 Å². The molecular formula is C19H17BrN6O. The number of fused-ring (bicyclic) bond motifs is 1. The molecule has 0 bridgehead atoms. The van der Waals surface area contributed by atoms with Gasteiger partial charge in [0.2, 0.25) is 11.9 Å². The molecule has 0 aliphatic carbocycles.